The second-order valence-electron chi connectivity index (χ2n) is 18.4. The van der Waals surface area contributed by atoms with Gasteiger partial charge < -0.3 is 9.13 Å². The third kappa shape index (κ3) is 5.82. The molecule has 0 saturated heterocycles. The molecule has 0 amide bonds. The molecule has 3 aromatic heterocycles. The minimum Gasteiger partial charge on any atom is -0.309 e. The molecule has 0 fully saturated rings. The van der Waals surface area contributed by atoms with Gasteiger partial charge in [0.25, 0.3) is 0 Å². The third-order valence-electron chi connectivity index (χ3n) is 14.5. The molecule has 0 aliphatic heterocycles. The first-order valence-electron chi connectivity index (χ1n) is 23.8. The van der Waals surface area contributed by atoms with Crippen LogP contribution < -0.4 is 0 Å². The van der Waals surface area contributed by atoms with Crippen LogP contribution >= 0.6 is 0 Å². The van der Waals surface area contributed by atoms with Gasteiger partial charge in [0.2, 0.25) is 0 Å². The molecular formula is C65H39N5. The zero-order valence-electron chi connectivity index (χ0n) is 37.8. The summed E-state index contributed by atoms with van der Waals surface area (Å²) < 4.78 is 4.86. The van der Waals surface area contributed by atoms with Crippen molar-refractivity contribution >= 4 is 97.5 Å². The maximum atomic E-state index is 5.38. The van der Waals surface area contributed by atoms with E-state index in [1.807, 2.05) is 18.2 Å². The van der Waals surface area contributed by atoms with Crippen molar-refractivity contribution in [2.45, 2.75) is 0 Å². The molecule has 0 atom stereocenters. The van der Waals surface area contributed by atoms with Gasteiger partial charge in [-0.25, -0.2) is 15.0 Å². The Kier molecular flexibility index (Phi) is 8.29. The van der Waals surface area contributed by atoms with E-state index in [9.17, 15) is 0 Å². The Morgan fingerprint density at radius 3 is 1.64 bits per heavy atom. The molecule has 0 aliphatic rings. The van der Waals surface area contributed by atoms with Crippen LogP contribution in [-0.4, -0.2) is 24.1 Å². The average molecular weight is 890 g/mol. The molecule has 0 N–H and O–H groups in total. The lowest BCUT2D eigenvalue weighted by molar-refractivity contribution is 1.08. The van der Waals surface area contributed by atoms with E-state index in [-0.39, 0.29) is 0 Å². The van der Waals surface area contributed by atoms with Crippen LogP contribution in [0.4, 0.5) is 0 Å². The van der Waals surface area contributed by atoms with Gasteiger partial charge in [-0.1, -0.05) is 176 Å². The number of nitrogens with zero attached hydrogens (tertiary/aromatic N) is 5. The Balaban J connectivity index is 0.935. The van der Waals surface area contributed by atoms with Crippen LogP contribution in [-0.2, 0) is 0 Å². The molecule has 324 valence electrons. The van der Waals surface area contributed by atoms with Crippen molar-refractivity contribution in [1.29, 1.82) is 0 Å². The number of para-hydroxylation sites is 2. The van der Waals surface area contributed by atoms with Crippen LogP contribution in [0.25, 0.3) is 143 Å². The van der Waals surface area contributed by atoms with Crippen LogP contribution in [0.5, 0.6) is 0 Å². The van der Waals surface area contributed by atoms with Gasteiger partial charge in [0.15, 0.2) is 17.5 Å². The highest BCUT2D eigenvalue weighted by molar-refractivity contribution is 6.22. The summed E-state index contributed by atoms with van der Waals surface area (Å²) in [6, 6.07) is 85.3. The summed E-state index contributed by atoms with van der Waals surface area (Å²) in [6.07, 6.45) is 0. The van der Waals surface area contributed by atoms with Gasteiger partial charge >= 0.3 is 0 Å². The lowest BCUT2D eigenvalue weighted by atomic mass is 9.96. The molecule has 70 heavy (non-hydrogen) atoms. The van der Waals surface area contributed by atoms with Gasteiger partial charge in [0.1, 0.15) is 0 Å². The molecule has 0 radical (unpaired) electrons. The maximum Gasteiger partial charge on any atom is 0.164 e. The summed E-state index contributed by atoms with van der Waals surface area (Å²) in [6.45, 7) is 0. The van der Waals surface area contributed by atoms with Crippen molar-refractivity contribution in [2.24, 2.45) is 0 Å². The molecular weight excluding hydrogens is 851 g/mol. The molecule has 0 bridgehead atoms. The van der Waals surface area contributed by atoms with Crippen molar-refractivity contribution < 1.29 is 0 Å². The van der Waals surface area contributed by atoms with Crippen LogP contribution in [0.3, 0.4) is 0 Å². The van der Waals surface area contributed by atoms with Crippen LogP contribution in [0, 0.1) is 0 Å². The summed E-state index contributed by atoms with van der Waals surface area (Å²) in [5.41, 5.74) is 9.75. The van der Waals surface area contributed by atoms with E-state index >= 15 is 0 Å². The zero-order valence-corrected chi connectivity index (χ0v) is 37.8. The highest BCUT2D eigenvalue weighted by atomic mass is 15.0. The molecule has 0 aliphatic carbocycles. The normalized spacial score (nSPS) is 12.0. The minimum absolute atomic E-state index is 0.627. The number of hydrogen-bond donors (Lipinski definition) is 0. The lowest BCUT2D eigenvalue weighted by Gasteiger charge is -2.14. The van der Waals surface area contributed by atoms with E-state index in [2.05, 4.69) is 228 Å². The summed E-state index contributed by atoms with van der Waals surface area (Å²) in [5, 5.41) is 16.6. The average Bonchev–Trinajstić information content (AvgIpc) is 3.94. The molecule has 0 saturated carbocycles. The Bertz CT molecular complexity index is 4660. The zero-order chi connectivity index (χ0) is 45.9. The Labute approximate surface area is 401 Å². The number of hydrogen-bond acceptors (Lipinski definition) is 3. The smallest absolute Gasteiger partial charge is 0.164 e. The first kappa shape index (κ1) is 38.6. The molecule has 5 heteroatoms. The number of aromatic nitrogens is 5. The van der Waals surface area contributed by atoms with Crippen molar-refractivity contribution in [1.82, 2.24) is 24.1 Å². The van der Waals surface area contributed by atoms with Crippen molar-refractivity contribution in [3.05, 3.63) is 237 Å². The van der Waals surface area contributed by atoms with E-state index < -0.39 is 0 Å². The topological polar surface area (TPSA) is 48.5 Å². The Morgan fingerprint density at radius 1 is 0.243 bits per heavy atom. The van der Waals surface area contributed by atoms with E-state index in [4.69, 9.17) is 15.0 Å². The third-order valence-corrected chi connectivity index (χ3v) is 14.5. The first-order chi connectivity index (χ1) is 34.7. The molecule has 15 rings (SSSR count). The lowest BCUT2D eigenvalue weighted by Crippen LogP contribution is -2.01. The number of rotatable bonds is 5. The van der Waals surface area contributed by atoms with E-state index in [0.717, 1.165) is 60.6 Å². The molecule has 12 aromatic carbocycles. The first-order valence-corrected chi connectivity index (χ1v) is 23.8. The predicted molar refractivity (Wildman–Crippen MR) is 292 cm³/mol. The van der Waals surface area contributed by atoms with Gasteiger partial charge in [-0.05, 0) is 115 Å². The van der Waals surface area contributed by atoms with E-state index in [1.54, 1.807) is 0 Å². The summed E-state index contributed by atoms with van der Waals surface area (Å²) >= 11 is 0. The fraction of sp³-hybridized carbons (Fsp3) is 0. The quantitative estimate of drug-likeness (QED) is 0.162. The van der Waals surface area contributed by atoms with Crippen molar-refractivity contribution in [2.75, 3.05) is 0 Å². The monoisotopic (exact) mass is 889 g/mol. The van der Waals surface area contributed by atoms with Gasteiger partial charge in [0, 0.05) is 49.6 Å². The molecule has 0 unspecified atom stereocenters. The molecule has 5 nitrogen and oxygen atoms in total. The highest BCUT2D eigenvalue weighted by Gasteiger charge is 2.20. The summed E-state index contributed by atoms with van der Waals surface area (Å²) in [4.78, 5) is 15.9. The molecule has 3 heterocycles. The van der Waals surface area contributed by atoms with Crippen LogP contribution in [0.1, 0.15) is 0 Å². The summed E-state index contributed by atoms with van der Waals surface area (Å²) in [5.74, 6) is 1.90. The second-order valence-corrected chi connectivity index (χ2v) is 18.4. The van der Waals surface area contributed by atoms with Crippen molar-refractivity contribution in [3.8, 4) is 45.5 Å². The minimum atomic E-state index is 0.627. The van der Waals surface area contributed by atoms with Crippen LogP contribution in [0.2, 0.25) is 0 Å². The largest absolute Gasteiger partial charge is 0.309 e. The fourth-order valence-electron chi connectivity index (χ4n) is 11.3. The Morgan fingerprint density at radius 2 is 0.814 bits per heavy atom. The Hall–Kier alpha value is -9.45. The molecule has 15 aromatic rings. The predicted octanol–water partition coefficient (Wildman–Crippen LogP) is 16.8. The maximum absolute atomic E-state index is 5.38. The van der Waals surface area contributed by atoms with Gasteiger partial charge in [-0.15, -0.1) is 0 Å². The van der Waals surface area contributed by atoms with Crippen molar-refractivity contribution in [3.63, 3.8) is 0 Å². The molecule has 0 spiro atoms. The summed E-state index contributed by atoms with van der Waals surface area (Å²) in [7, 11) is 0. The number of benzene rings is 12. The van der Waals surface area contributed by atoms with E-state index in [0.29, 0.717) is 17.5 Å². The van der Waals surface area contributed by atoms with Gasteiger partial charge in [-0.2, -0.15) is 0 Å². The van der Waals surface area contributed by atoms with E-state index in [1.165, 1.54) is 64.9 Å². The fourth-order valence-corrected chi connectivity index (χ4v) is 11.3. The number of fused-ring (bicyclic) bond motifs is 13. The standard InChI is InChI=1S/C65H39N5/c1-2-16-42(17-3-1)63-66-64(68-65(67-63)57-37-44-18-5-6-20-48(44)50-22-8-9-23-51(50)57)53-26-14-19-41-29-32-47(39-55(41)53)70-58-27-12-10-24-52(58)56-36-43-30-33-46(35-45(43)38-61(56)70)69-59-28-13-11-25-54(59)62-49-21-7-4-15-40(49)31-34-60(62)69/h1-39H. The van der Waals surface area contributed by atoms with Gasteiger partial charge in [-0.3, -0.25) is 0 Å². The highest BCUT2D eigenvalue weighted by Crippen LogP contribution is 2.41. The van der Waals surface area contributed by atoms with Crippen LogP contribution in [0.15, 0.2) is 237 Å². The van der Waals surface area contributed by atoms with Gasteiger partial charge in [0.05, 0.1) is 22.1 Å². The second kappa shape index (κ2) is 15.0. The SMILES string of the molecule is c1ccc(-c2nc(-c3cccc4ccc(-n5c6ccccc6c6cc7ccc(-n8c9ccccc9c9c%10ccccc%10ccc98)cc7cc65)cc34)nc(-c3cc4ccccc4c4ccccc34)n2)cc1.